The predicted octanol–water partition coefficient (Wildman–Crippen LogP) is 4.36. The van der Waals surface area contributed by atoms with Crippen molar-refractivity contribution >= 4 is 23.4 Å². The average molecular weight is 377 g/mol. The van der Waals surface area contributed by atoms with Crippen molar-refractivity contribution in [2.75, 3.05) is 18.0 Å². The van der Waals surface area contributed by atoms with Crippen LogP contribution in [0.15, 0.2) is 42.6 Å². The SMILES string of the molecule is CC(C)(C(=O)OC1CCN(c2ccc(Cl)cn2)CC1)c1ccc(F)cc1. The Hall–Kier alpha value is -2.14. The molecule has 138 valence electrons. The lowest BCUT2D eigenvalue weighted by Crippen LogP contribution is -2.41. The molecule has 0 unspecified atom stereocenters. The summed E-state index contributed by atoms with van der Waals surface area (Å²) >= 11 is 5.87. The summed E-state index contributed by atoms with van der Waals surface area (Å²) in [6, 6.07) is 9.70. The first-order chi connectivity index (χ1) is 12.4. The van der Waals surface area contributed by atoms with Crippen molar-refractivity contribution < 1.29 is 13.9 Å². The number of rotatable bonds is 4. The molecule has 1 saturated heterocycles. The molecule has 1 fully saturated rings. The lowest BCUT2D eigenvalue weighted by Gasteiger charge is -2.34. The molecule has 0 bridgehead atoms. The number of pyridine rings is 1. The summed E-state index contributed by atoms with van der Waals surface area (Å²) in [7, 11) is 0. The molecular weight excluding hydrogens is 355 g/mol. The molecule has 0 atom stereocenters. The second-order valence-corrected chi connectivity index (χ2v) is 7.49. The number of hydrogen-bond acceptors (Lipinski definition) is 4. The third-order valence-corrected chi connectivity index (χ3v) is 5.05. The summed E-state index contributed by atoms with van der Waals surface area (Å²) < 4.78 is 18.9. The molecule has 6 heteroatoms. The van der Waals surface area contributed by atoms with Gasteiger partial charge in [0, 0.05) is 32.1 Å². The maximum Gasteiger partial charge on any atom is 0.316 e. The molecule has 0 radical (unpaired) electrons. The molecule has 0 amide bonds. The molecule has 1 aromatic carbocycles. The highest BCUT2D eigenvalue weighted by Crippen LogP contribution is 2.28. The number of carbonyl (C=O) groups is 1. The van der Waals surface area contributed by atoms with Gasteiger partial charge in [-0.3, -0.25) is 4.79 Å². The van der Waals surface area contributed by atoms with Gasteiger partial charge in [0.05, 0.1) is 10.4 Å². The molecule has 3 rings (SSSR count). The minimum absolute atomic E-state index is 0.120. The number of piperidine rings is 1. The highest BCUT2D eigenvalue weighted by molar-refractivity contribution is 6.30. The van der Waals surface area contributed by atoms with Crippen molar-refractivity contribution in [3.63, 3.8) is 0 Å². The normalized spacial score (nSPS) is 15.8. The van der Waals surface area contributed by atoms with Crippen LogP contribution in [0.4, 0.5) is 10.2 Å². The van der Waals surface area contributed by atoms with Gasteiger partial charge in [0.25, 0.3) is 0 Å². The first-order valence-corrected chi connectivity index (χ1v) is 9.07. The largest absolute Gasteiger partial charge is 0.462 e. The van der Waals surface area contributed by atoms with E-state index < -0.39 is 5.41 Å². The predicted molar refractivity (Wildman–Crippen MR) is 100 cm³/mol. The molecular formula is C20H22ClFN2O2. The van der Waals surface area contributed by atoms with Gasteiger partial charge in [-0.05, 0) is 43.7 Å². The number of ether oxygens (including phenoxy) is 1. The number of aromatic nitrogens is 1. The maximum atomic E-state index is 13.1. The quantitative estimate of drug-likeness (QED) is 0.743. The molecule has 0 saturated carbocycles. The van der Waals surface area contributed by atoms with Gasteiger partial charge in [0.15, 0.2) is 0 Å². The van der Waals surface area contributed by atoms with Crippen LogP contribution in [-0.2, 0) is 14.9 Å². The number of anilines is 1. The van der Waals surface area contributed by atoms with Crippen molar-refractivity contribution in [1.82, 2.24) is 4.98 Å². The Morgan fingerprint density at radius 3 is 2.42 bits per heavy atom. The third kappa shape index (κ3) is 4.15. The molecule has 2 heterocycles. The summed E-state index contributed by atoms with van der Waals surface area (Å²) in [5.41, 5.74) is -0.0746. The van der Waals surface area contributed by atoms with Crippen LogP contribution < -0.4 is 4.90 Å². The molecule has 1 aliphatic heterocycles. The van der Waals surface area contributed by atoms with E-state index in [2.05, 4.69) is 9.88 Å². The number of carbonyl (C=O) groups excluding carboxylic acids is 1. The first kappa shape index (κ1) is 18.6. The monoisotopic (exact) mass is 376 g/mol. The molecule has 1 aliphatic rings. The highest BCUT2D eigenvalue weighted by atomic mass is 35.5. The fourth-order valence-corrected chi connectivity index (χ4v) is 3.15. The van der Waals surface area contributed by atoms with Crippen LogP contribution in [0, 0.1) is 5.82 Å². The van der Waals surface area contributed by atoms with Crippen molar-refractivity contribution in [3.8, 4) is 0 Å². The molecule has 0 spiro atoms. The van der Waals surface area contributed by atoms with E-state index in [1.54, 1.807) is 32.2 Å². The van der Waals surface area contributed by atoms with E-state index in [1.807, 2.05) is 12.1 Å². The summed E-state index contributed by atoms with van der Waals surface area (Å²) in [5, 5.41) is 0.612. The van der Waals surface area contributed by atoms with Gasteiger partial charge in [-0.2, -0.15) is 0 Å². The Balaban J connectivity index is 1.57. The lowest BCUT2D eigenvalue weighted by molar-refractivity contribution is -0.155. The van der Waals surface area contributed by atoms with Crippen LogP contribution in [0.1, 0.15) is 32.3 Å². The fraction of sp³-hybridized carbons (Fsp3) is 0.400. The minimum Gasteiger partial charge on any atom is -0.462 e. The second-order valence-electron chi connectivity index (χ2n) is 7.06. The maximum absolute atomic E-state index is 13.1. The average Bonchev–Trinajstić information content (AvgIpc) is 2.63. The summed E-state index contributed by atoms with van der Waals surface area (Å²) in [4.78, 5) is 19.1. The smallest absolute Gasteiger partial charge is 0.316 e. The Kier molecular flexibility index (Phi) is 5.47. The van der Waals surface area contributed by atoms with E-state index in [-0.39, 0.29) is 17.9 Å². The van der Waals surface area contributed by atoms with Crippen LogP contribution in [0.3, 0.4) is 0 Å². The van der Waals surface area contributed by atoms with Crippen LogP contribution >= 0.6 is 11.6 Å². The van der Waals surface area contributed by atoms with E-state index in [0.717, 1.165) is 37.3 Å². The van der Waals surface area contributed by atoms with Crippen LogP contribution in [0.2, 0.25) is 5.02 Å². The zero-order valence-corrected chi connectivity index (χ0v) is 15.7. The van der Waals surface area contributed by atoms with Crippen molar-refractivity contribution in [1.29, 1.82) is 0 Å². The number of benzene rings is 1. The van der Waals surface area contributed by atoms with E-state index in [1.165, 1.54) is 12.1 Å². The minimum atomic E-state index is -0.817. The Morgan fingerprint density at radius 1 is 1.19 bits per heavy atom. The van der Waals surface area contributed by atoms with E-state index in [9.17, 15) is 9.18 Å². The van der Waals surface area contributed by atoms with Gasteiger partial charge >= 0.3 is 5.97 Å². The molecule has 26 heavy (non-hydrogen) atoms. The number of nitrogens with zero attached hydrogens (tertiary/aromatic N) is 2. The molecule has 0 N–H and O–H groups in total. The summed E-state index contributed by atoms with van der Waals surface area (Å²) in [5.74, 6) is 0.277. The molecule has 1 aromatic heterocycles. The lowest BCUT2D eigenvalue weighted by atomic mass is 9.84. The Bertz CT molecular complexity index is 754. The van der Waals surface area contributed by atoms with Crippen LogP contribution in [-0.4, -0.2) is 30.1 Å². The second kappa shape index (κ2) is 7.62. The van der Waals surface area contributed by atoms with Gasteiger partial charge in [-0.25, -0.2) is 9.37 Å². The third-order valence-electron chi connectivity index (χ3n) is 4.83. The van der Waals surface area contributed by atoms with Crippen molar-refractivity contribution in [3.05, 3.63) is 59.0 Å². The van der Waals surface area contributed by atoms with Crippen LogP contribution in [0.25, 0.3) is 0 Å². The van der Waals surface area contributed by atoms with Gasteiger partial charge in [0.2, 0.25) is 0 Å². The summed E-state index contributed by atoms with van der Waals surface area (Å²) in [6.45, 7) is 5.14. The van der Waals surface area contributed by atoms with Crippen molar-refractivity contribution in [2.45, 2.75) is 38.2 Å². The van der Waals surface area contributed by atoms with E-state index in [0.29, 0.717) is 5.02 Å². The Morgan fingerprint density at radius 2 is 1.85 bits per heavy atom. The molecule has 0 aliphatic carbocycles. The molecule has 4 nitrogen and oxygen atoms in total. The number of halogens is 2. The molecule has 2 aromatic rings. The van der Waals surface area contributed by atoms with Gasteiger partial charge < -0.3 is 9.64 Å². The zero-order valence-electron chi connectivity index (χ0n) is 14.9. The highest BCUT2D eigenvalue weighted by Gasteiger charge is 2.34. The van der Waals surface area contributed by atoms with Gasteiger partial charge in [-0.15, -0.1) is 0 Å². The van der Waals surface area contributed by atoms with Crippen molar-refractivity contribution in [2.24, 2.45) is 0 Å². The topological polar surface area (TPSA) is 42.4 Å². The number of esters is 1. The zero-order chi connectivity index (χ0) is 18.7. The van der Waals surface area contributed by atoms with E-state index in [4.69, 9.17) is 16.3 Å². The van der Waals surface area contributed by atoms with Crippen LogP contribution in [0.5, 0.6) is 0 Å². The van der Waals surface area contributed by atoms with Gasteiger partial charge in [-0.1, -0.05) is 23.7 Å². The van der Waals surface area contributed by atoms with Gasteiger partial charge in [0.1, 0.15) is 17.7 Å². The Labute approximate surface area is 157 Å². The standard InChI is InChI=1S/C20H22ClFN2O2/c1-20(2,14-3-6-16(22)7-4-14)19(25)26-17-9-11-24(12-10-17)18-8-5-15(21)13-23-18/h3-8,13,17H,9-12H2,1-2H3. The van der Waals surface area contributed by atoms with E-state index >= 15 is 0 Å². The summed E-state index contributed by atoms with van der Waals surface area (Å²) in [6.07, 6.45) is 3.00. The fourth-order valence-electron chi connectivity index (χ4n) is 3.04. The number of hydrogen-bond donors (Lipinski definition) is 0. The first-order valence-electron chi connectivity index (χ1n) is 8.70.